The van der Waals surface area contributed by atoms with Crippen LogP contribution in [0.25, 0.3) is 6.08 Å². The van der Waals surface area contributed by atoms with Crippen LogP contribution in [0.2, 0.25) is 0 Å². The molecule has 0 bridgehead atoms. The van der Waals surface area contributed by atoms with Gasteiger partial charge in [-0.05, 0) is 30.3 Å². The molecule has 1 aliphatic heterocycles. The van der Waals surface area contributed by atoms with Crippen LogP contribution < -0.4 is 9.47 Å². The molecule has 0 atom stereocenters. The molecule has 0 aliphatic carbocycles. The van der Waals surface area contributed by atoms with Crippen LogP contribution in [0.3, 0.4) is 0 Å². The zero-order valence-corrected chi connectivity index (χ0v) is 12.8. The first-order chi connectivity index (χ1) is 11.2. The highest BCUT2D eigenvalue weighted by Gasteiger charge is 2.33. The first kappa shape index (κ1) is 14.8. The van der Waals surface area contributed by atoms with E-state index in [9.17, 15) is 9.59 Å². The van der Waals surface area contributed by atoms with Crippen LogP contribution in [0.1, 0.15) is 26.3 Å². The summed E-state index contributed by atoms with van der Waals surface area (Å²) in [5, 5.41) is 0. The Kier molecular flexibility index (Phi) is 3.85. The second-order valence-electron chi connectivity index (χ2n) is 4.95. The van der Waals surface area contributed by atoms with Gasteiger partial charge in [-0.1, -0.05) is 12.1 Å². The lowest BCUT2D eigenvalue weighted by Crippen LogP contribution is -2.23. The lowest BCUT2D eigenvalue weighted by Gasteiger charge is -2.09. The lowest BCUT2D eigenvalue weighted by atomic mass is 10.1. The largest absolute Gasteiger partial charge is 0.497 e. The summed E-state index contributed by atoms with van der Waals surface area (Å²) in [6, 6.07) is 12.1. The molecule has 0 unspecified atom stereocenters. The number of amides is 2. The number of imide groups is 1. The maximum atomic E-state index is 12.3. The van der Waals surface area contributed by atoms with Gasteiger partial charge in [0.2, 0.25) is 0 Å². The zero-order chi connectivity index (χ0) is 16.4. The van der Waals surface area contributed by atoms with Gasteiger partial charge in [0, 0.05) is 17.8 Å². The number of fused-ring (bicyclic) bond motifs is 1. The van der Waals surface area contributed by atoms with Gasteiger partial charge in [-0.2, -0.15) is 0 Å². The van der Waals surface area contributed by atoms with Crippen molar-refractivity contribution in [3.05, 3.63) is 65.4 Å². The van der Waals surface area contributed by atoms with E-state index in [0.29, 0.717) is 22.6 Å². The molecule has 2 aromatic carbocycles. The zero-order valence-electron chi connectivity index (χ0n) is 12.8. The van der Waals surface area contributed by atoms with E-state index < -0.39 is 0 Å². The number of carbonyl (C=O) groups is 2. The van der Waals surface area contributed by atoms with Crippen molar-refractivity contribution in [1.82, 2.24) is 4.90 Å². The molecular formula is C18H15NO4. The molecule has 0 radical (unpaired) electrons. The van der Waals surface area contributed by atoms with Crippen molar-refractivity contribution in [2.24, 2.45) is 0 Å². The summed E-state index contributed by atoms with van der Waals surface area (Å²) < 4.78 is 10.4. The van der Waals surface area contributed by atoms with E-state index in [2.05, 4.69) is 0 Å². The van der Waals surface area contributed by atoms with Gasteiger partial charge in [-0.25, -0.2) is 4.90 Å². The first-order valence-electron chi connectivity index (χ1n) is 7.03. The highest BCUT2D eigenvalue weighted by molar-refractivity contribution is 6.22. The Bertz CT molecular complexity index is 775. The summed E-state index contributed by atoms with van der Waals surface area (Å²) in [6.45, 7) is 0. The van der Waals surface area contributed by atoms with Crippen LogP contribution in [0, 0.1) is 0 Å². The third-order valence-corrected chi connectivity index (χ3v) is 3.67. The Hall–Kier alpha value is -3.08. The molecule has 0 saturated carbocycles. The van der Waals surface area contributed by atoms with Crippen LogP contribution in [0.15, 0.2) is 48.7 Å². The van der Waals surface area contributed by atoms with Crippen molar-refractivity contribution >= 4 is 17.9 Å². The summed E-state index contributed by atoms with van der Waals surface area (Å²) in [5.74, 6) is 0.612. The van der Waals surface area contributed by atoms with Gasteiger partial charge >= 0.3 is 0 Å². The maximum absolute atomic E-state index is 12.3. The van der Waals surface area contributed by atoms with E-state index in [-0.39, 0.29) is 11.8 Å². The molecular weight excluding hydrogens is 294 g/mol. The third kappa shape index (κ3) is 2.57. The minimum atomic E-state index is -0.325. The van der Waals surface area contributed by atoms with Crippen molar-refractivity contribution in [1.29, 1.82) is 0 Å². The molecule has 5 heteroatoms. The fraction of sp³-hybridized carbons (Fsp3) is 0.111. The van der Waals surface area contributed by atoms with E-state index >= 15 is 0 Å². The maximum Gasteiger partial charge on any atom is 0.265 e. The van der Waals surface area contributed by atoms with Crippen molar-refractivity contribution in [2.45, 2.75) is 0 Å². The fourth-order valence-electron chi connectivity index (χ4n) is 2.45. The molecule has 2 aromatic rings. The number of benzene rings is 2. The molecule has 1 heterocycles. The fourth-order valence-corrected chi connectivity index (χ4v) is 2.45. The van der Waals surface area contributed by atoms with E-state index in [1.165, 1.54) is 6.20 Å². The minimum Gasteiger partial charge on any atom is -0.497 e. The molecule has 3 rings (SSSR count). The molecule has 23 heavy (non-hydrogen) atoms. The number of hydrogen-bond acceptors (Lipinski definition) is 4. The van der Waals surface area contributed by atoms with Crippen molar-refractivity contribution in [3.8, 4) is 11.5 Å². The van der Waals surface area contributed by atoms with Crippen LogP contribution in [0.5, 0.6) is 11.5 Å². The number of methoxy groups -OCH3 is 2. The monoisotopic (exact) mass is 309 g/mol. The summed E-state index contributed by atoms with van der Waals surface area (Å²) in [5.41, 5.74) is 1.58. The minimum absolute atomic E-state index is 0.325. The Morgan fingerprint density at radius 3 is 2.13 bits per heavy atom. The smallest absolute Gasteiger partial charge is 0.265 e. The van der Waals surface area contributed by atoms with E-state index in [1.54, 1.807) is 62.8 Å². The van der Waals surface area contributed by atoms with Gasteiger partial charge < -0.3 is 9.47 Å². The lowest BCUT2D eigenvalue weighted by molar-refractivity contribution is 0.0722. The Morgan fingerprint density at radius 1 is 0.913 bits per heavy atom. The summed E-state index contributed by atoms with van der Waals surface area (Å²) in [7, 11) is 3.12. The van der Waals surface area contributed by atoms with Crippen LogP contribution in [0.4, 0.5) is 0 Å². The third-order valence-electron chi connectivity index (χ3n) is 3.67. The average Bonchev–Trinajstić information content (AvgIpc) is 2.84. The normalized spacial score (nSPS) is 13.6. The second-order valence-corrected chi connectivity index (χ2v) is 4.95. The van der Waals surface area contributed by atoms with Gasteiger partial charge in [0.1, 0.15) is 11.5 Å². The van der Waals surface area contributed by atoms with Crippen molar-refractivity contribution in [2.75, 3.05) is 14.2 Å². The number of nitrogens with zero attached hydrogens (tertiary/aromatic N) is 1. The van der Waals surface area contributed by atoms with E-state index in [0.717, 1.165) is 10.5 Å². The molecule has 0 N–H and O–H groups in total. The Balaban J connectivity index is 1.90. The second kappa shape index (κ2) is 5.96. The summed E-state index contributed by atoms with van der Waals surface area (Å²) >= 11 is 0. The number of carbonyl (C=O) groups excluding carboxylic acids is 2. The highest BCUT2D eigenvalue weighted by atomic mass is 16.5. The van der Waals surface area contributed by atoms with Crippen LogP contribution in [-0.2, 0) is 0 Å². The van der Waals surface area contributed by atoms with Crippen molar-refractivity contribution in [3.63, 3.8) is 0 Å². The predicted molar refractivity (Wildman–Crippen MR) is 85.5 cm³/mol. The molecule has 5 nitrogen and oxygen atoms in total. The number of rotatable bonds is 4. The molecule has 2 amide bonds. The van der Waals surface area contributed by atoms with Crippen molar-refractivity contribution < 1.29 is 19.1 Å². The average molecular weight is 309 g/mol. The van der Waals surface area contributed by atoms with Gasteiger partial charge in [0.25, 0.3) is 11.8 Å². The van der Waals surface area contributed by atoms with Gasteiger partial charge in [0.15, 0.2) is 0 Å². The van der Waals surface area contributed by atoms with Gasteiger partial charge in [-0.15, -0.1) is 0 Å². The SMILES string of the molecule is COc1ccc(/C=C/N2C(=O)c3ccccc3C2=O)c(OC)c1. The summed E-state index contributed by atoms with van der Waals surface area (Å²) in [4.78, 5) is 25.7. The van der Waals surface area contributed by atoms with E-state index in [1.807, 2.05) is 0 Å². The molecule has 0 aromatic heterocycles. The molecule has 1 aliphatic rings. The number of hydrogen-bond donors (Lipinski definition) is 0. The first-order valence-corrected chi connectivity index (χ1v) is 7.03. The van der Waals surface area contributed by atoms with Gasteiger partial charge in [-0.3, -0.25) is 9.59 Å². The standard InChI is InChI=1S/C18H15NO4/c1-22-13-8-7-12(16(11-13)23-2)9-10-19-17(20)14-5-3-4-6-15(14)18(19)21/h3-11H,1-2H3/b10-9+. The predicted octanol–water partition coefficient (Wildman–Crippen LogP) is 2.97. The molecule has 0 spiro atoms. The van der Waals surface area contributed by atoms with Gasteiger partial charge in [0.05, 0.1) is 25.3 Å². The van der Waals surface area contributed by atoms with E-state index in [4.69, 9.17) is 9.47 Å². The topological polar surface area (TPSA) is 55.8 Å². The number of ether oxygens (including phenoxy) is 2. The molecule has 116 valence electrons. The highest BCUT2D eigenvalue weighted by Crippen LogP contribution is 2.27. The molecule has 0 fully saturated rings. The summed E-state index contributed by atoms with van der Waals surface area (Å²) in [6.07, 6.45) is 3.13. The van der Waals surface area contributed by atoms with Crippen LogP contribution in [-0.4, -0.2) is 30.9 Å². The Labute approximate surface area is 133 Å². The molecule has 0 saturated heterocycles. The quantitative estimate of drug-likeness (QED) is 0.815. The Morgan fingerprint density at radius 2 is 1.57 bits per heavy atom. The van der Waals surface area contributed by atoms with Crippen LogP contribution >= 0.6 is 0 Å².